The first-order valence-electron chi connectivity index (χ1n) is 6.40. The molecule has 0 spiro atoms. The summed E-state index contributed by atoms with van der Waals surface area (Å²) in [5.41, 5.74) is 4.36. The standard InChI is InChI=1S/C12H12BN5O4/c13-5-1-7(18-8(5)11(15)16-4-17-18)12(3-14)10(21)9(20)6(2-19)22-12/h1,4,6,9-10,19-21H,2H2,(H2,15,16,17)/t6-,9-,10-,12+/m1/s1. The van der Waals surface area contributed by atoms with Crippen molar-refractivity contribution in [1.82, 2.24) is 14.6 Å². The summed E-state index contributed by atoms with van der Waals surface area (Å²) < 4.78 is 6.66. The highest BCUT2D eigenvalue weighted by atomic mass is 16.6. The van der Waals surface area contributed by atoms with Gasteiger partial charge >= 0.3 is 0 Å². The minimum atomic E-state index is -1.94. The van der Waals surface area contributed by atoms with Gasteiger partial charge in [0.2, 0.25) is 5.60 Å². The van der Waals surface area contributed by atoms with Gasteiger partial charge in [-0.3, -0.25) is 0 Å². The van der Waals surface area contributed by atoms with Gasteiger partial charge in [-0.2, -0.15) is 10.4 Å². The summed E-state index contributed by atoms with van der Waals surface area (Å²) >= 11 is 0. The van der Waals surface area contributed by atoms with Gasteiger partial charge in [0.25, 0.3) is 0 Å². The van der Waals surface area contributed by atoms with Gasteiger partial charge in [-0.15, -0.1) is 0 Å². The van der Waals surface area contributed by atoms with E-state index in [0.29, 0.717) is 0 Å². The maximum atomic E-state index is 10.3. The van der Waals surface area contributed by atoms with E-state index in [9.17, 15) is 20.6 Å². The van der Waals surface area contributed by atoms with Crippen LogP contribution in [0, 0.1) is 11.3 Å². The number of nitrogens with two attached hydrogens (primary N) is 1. The first-order chi connectivity index (χ1) is 10.5. The third-order valence-electron chi connectivity index (χ3n) is 3.80. The zero-order chi connectivity index (χ0) is 16.1. The lowest BCUT2D eigenvalue weighted by Crippen LogP contribution is -2.41. The van der Waals surface area contributed by atoms with Gasteiger partial charge in [-0.05, 0) is 6.07 Å². The minimum absolute atomic E-state index is 0.0959. The van der Waals surface area contributed by atoms with E-state index >= 15 is 0 Å². The van der Waals surface area contributed by atoms with Crippen molar-refractivity contribution in [3.63, 3.8) is 0 Å². The smallest absolute Gasteiger partial charge is 0.225 e. The Labute approximate surface area is 126 Å². The number of hydrogen-bond donors (Lipinski definition) is 4. The van der Waals surface area contributed by atoms with E-state index < -0.39 is 30.5 Å². The van der Waals surface area contributed by atoms with E-state index in [0.717, 1.165) is 6.33 Å². The largest absolute Gasteiger partial charge is 0.394 e. The quantitative estimate of drug-likeness (QED) is 0.427. The van der Waals surface area contributed by atoms with E-state index in [1.54, 1.807) is 0 Å². The summed E-state index contributed by atoms with van der Waals surface area (Å²) in [7, 11) is 5.87. The van der Waals surface area contributed by atoms with Gasteiger partial charge in [-0.1, -0.05) is 5.46 Å². The zero-order valence-corrected chi connectivity index (χ0v) is 11.3. The van der Waals surface area contributed by atoms with E-state index in [2.05, 4.69) is 10.1 Å². The van der Waals surface area contributed by atoms with Crippen LogP contribution in [-0.4, -0.2) is 62.7 Å². The monoisotopic (exact) mass is 301 g/mol. The topological polar surface area (TPSA) is 150 Å². The zero-order valence-electron chi connectivity index (χ0n) is 11.3. The van der Waals surface area contributed by atoms with Crippen molar-refractivity contribution in [1.29, 1.82) is 5.26 Å². The first-order valence-corrected chi connectivity index (χ1v) is 6.40. The molecule has 0 unspecified atom stereocenters. The van der Waals surface area contributed by atoms with Crippen LogP contribution in [0.4, 0.5) is 5.82 Å². The number of aliphatic hydroxyl groups is 3. The molecule has 9 nitrogen and oxygen atoms in total. The normalized spacial score (nSPS) is 31.5. The van der Waals surface area contributed by atoms with Crippen molar-refractivity contribution in [2.45, 2.75) is 23.9 Å². The number of aliphatic hydroxyl groups excluding tert-OH is 3. The fourth-order valence-corrected chi connectivity index (χ4v) is 2.69. The predicted octanol–water partition coefficient (Wildman–Crippen LogP) is -3.06. The van der Waals surface area contributed by atoms with Crippen molar-refractivity contribution in [2.24, 2.45) is 0 Å². The molecule has 22 heavy (non-hydrogen) atoms. The molecule has 0 bridgehead atoms. The highest BCUT2D eigenvalue weighted by Crippen LogP contribution is 2.39. The molecule has 2 aromatic heterocycles. The molecule has 1 aliphatic rings. The molecule has 1 saturated heterocycles. The van der Waals surface area contributed by atoms with Crippen LogP contribution in [-0.2, 0) is 10.3 Å². The Kier molecular flexibility index (Phi) is 3.30. The number of nitriles is 1. The molecule has 3 heterocycles. The Bertz CT molecular complexity index is 775. The minimum Gasteiger partial charge on any atom is -0.394 e. The molecule has 112 valence electrons. The number of fused-ring (bicyclic) bond motifs is 1. The molecular weight excluding hydrogens is 289 g/mol. The highest BCUT2D eigenvalue weighted by molar-refractivity contribution is 6.37. The van der Waals surface area contributed by atoms with E-state index in [-0.39, 0.29) is 22.5 Å². The van der Waals surface area contributed by atoms with Crippen LogP contribution < -0.4 is 11.2 Å². The number of aromatic nitrogens is 3. The summed E-state index contributed by atoms with van der Waals surface area (Å²) in [6, 6.07) is 3.22. The lowest BCUT2D eigenvalue weighted by molar-refractivity contribution is -0.0642. The predicted molar refractivity (Wildman–Crippen MR) is 74.1 cm³/mol. The third kappa shape index (κ3) is 1.74. The van der Waals surface area contributed by atoms with Crippen LogP contribution in [0.15, 0.2) is 12.4 Å². The second-order valence-corrected chi connectivity index (χ2v) is 5.01. The lowest BCUT2D eigenvalue weighted by atomic mass is 9.90. The van der Waals surface area contributed by atoms with Crippen LogP contribution in [0.3, 0.4) is 0 Å². The maximum absolute atomic E-state index is 10.3. The fourth-order valence-electron chi connectivity index (χ4n) is 2.69. The van der Waals surface area contributed by atoms with Crippen LogP contribution >= 0.6 is 0 Å². The van der Waals surface area contributed by atoms with Gasteiger partial charge in [0.15, 0.2) is 5.82 Å². The van der Waals surface area contributed by atoms with Crippen molar-refractivity contribution < 1.29 is 20.1 Å². The van der Waals surface area contributed by atoms with Crippen molar-refractivity contribution in [2.75, 3.05) is 12.3 Å². The van der Waals surface area contributed by atoms with Crippen LogP contribution in [0.25, 0.3) is 5.52 Å². The van der Waals surface area contributed by atoms with Gasteiger partial charge < -0.3 is 25.8 Å². The van der Waals surface area contributed by atoms with Crippen molar-refractivity contribution in [3.05, 3.63) is 18.1 Å². The first kappa shape index (κ1) is 14.7. The Morgan fingerprint density at radius 3 is 2.86 bits per heavy atom. The molecule has 10 heteroatoms. The molecular formula is C12H12BN5O4. The summed E-state index contributed by atoms with van der Waals surface area (Å²) in [6.07, 6.45) is -2.97. The molecule has 2 aromatic rings. The Hall–Kier alpha value is -2.19. The second kappa shape index (κ2) is 4.93. The van der Waals surface area contributed by atoms with Gasteiger partial charge in [-0.25, -0.2) is 9.50 Å². The average molecular weight is 301 g/mol. The second-order valence-electron chi connectivity index (χ2n) is 5.01. The van der Waals surface area contributed by atoms with E-state index in [1.807, 2.05) is 6.07 Å². The Morgan fingerprint density at radius 1 is 1.55 bits per heavy atom. The molecule has 2 radical (unpaired) electrons. The van der Waals surface area contributed by atoms with Crippen LogP contribution in [0.1, 0.15) is 5.69 Å². The fraction of sp³-hybridized carbons (Fsp3) is 0.417. The Balaban J connectivity index is 2.26. The average Bonchev–Trinajstić information content (AvgIpc) is 2.98. The number of anilines is 1. The van der Waals surface area contributed by atoms with E-state index in [4.69, 9.17) is 18.3 Å². The third-order valence-corrected chi connectivity index (χ3v) is 3.80. The van der Waals surface area contributed by atoms with Gasteiger partial charge in [0.1, 0.15) is 44.1 Å². The van der Waals surface area contributed by atoms with Crippen LogP contribution in [0.5, 0.6) is 0 Å². The molecule has 3 rings (SSSR count). The Morgan fingerprint density at radius 2 is 2.27 bits per heavy atom. The van der Waals surface area contributed by atoms with Crippen molar-refractivity contribution >= 4 is 24.6 Å². The number of hydrogen-bond acceptors (Lipinski definition) is 8. The number of nitrogens with zero attached hydrogens (tertiary/aromatic N) is 4. The summed E-state index contributed by atoms with van der Waals surface area (Å²) in [4.78, 5) is 3.81. The van der Waals surface area contributed by atoms with E-state index in [1.165, 1.54) is 10.6 Å². The number of nitrogen functional groups attached to an aromatic ring is 1. The molecule has 1 aliphatic heterocycles. The van der Waals surface area contributed by atoms with Crippen LogP contribution in [0.2, 0.25) is 0 Å². The summed E-state index contributed by atoms with van der Waals surface area (Å²) in [5.74, 6) is 0.0959. The number of ether oxygens (including phenoxy) is 1. The van der Waals surface area contributed by atoms with Gasteiger partial charge in [0, 0.05) is 0 Å². The molecule has 4 atom stereocenters. The maximum Gasteiger partial charge on any atom is 0.225 e. The SMILES string of the molecule is [B]c1cc([C@]2(C#N)O[C@H](CO)[C@@H](O)[C@H]2O)n2ncnc(N)c12. The highest BCUT2D eigenvalue weighted by Gasteiger charge is 2.57. The summed E-state index contributed by atoms with van der Waals surface area (Å²) in [6.45, 7) is -0.558. The molecule has 0 amide bonds. The van der Waals surface area contributed by atoms with Gasteiger partial charge in [0.05, 0.1) is 12.3 Å². The molecule has 0 aliphatic carbocycles. The lowest BCUT2D eigenvalue weighted by Gasteiger charge is -2.24. The molecule has 0 aromatic carbocycles. The summed E-state index contributed by atoms with van der Waals surface area (Å²) in [5, 5.41) is 42.9. The molecule has 5 N–H and O–H groups in total. The van der Waals surface area contributed by atoms with Crippen molar-refractivity contribution in [3.8, 4) is 6.07 Å². The molecule has 1 fully saturated rings. The number of rotatable bonds is 2. The molecule has 0 saturated carbocycles.